The molecule has 0 unspecified atom stereocenters. The Bertz CT molecular complexity index is 1270. The van der Waals surface area contributed by atoms with Crippen LogP contribution in [0, 0.1) is 0 Å². The summed E-state index contributed by atoms with van der Waals surface area (Å²) in [4.78, 5) is 28.0. The fourth-order valence-corrected chi connectivity index (χ4v) is 7.92. The lowest BCUT2D eigenvalue weighted by Gasteiger charge is -2.30. The first kappa shape index (κ1) is 23.5. The molecule has 0 spiro atoms. The molecule has 0 saturated carbocycles. The number of halogens is 1. The number of rotatable bonds is 5. The molecule has 2 heterocycles. The number of hydrogen-bond donors (Lipinski definition) is 1. The summed E-state index contributed by atoms with van der Waals surface area (Å²) < 4.78 is 25.7. The highest BCUT2D eigenvalue weighted by atomic mass is 35.5. The number of primary amides is 1. The number of benzene rings is 2. The van der Waals surface area contributed by atoms with E-state index in [1.54, 1.807) is 47.4 Å². The van der Waals surface area contributed by atoms with Crippen molar-refractivity contribution in [2.24, 2.45) is 5.73 Å². The Hall–Kier alpha value is -2.68. The Kier molecular flexibility index (Phi) is 6.61. The molecule has 6 nitrogen and oxygen atoms in total. The molecule has 172 valence electrons. The van der Waals surface area contributed by atoms with Crippen molar-refractivity contribution in [3.8, 4) is 10.4 Å². The monoisotopic (exact) mass is 502 g/mol. The molecule has 2 aromatic carbocycles. The number of nitrogens with two attached hydrogens (primary N) is 1. The van der Waals surface area contributed by atoms with Crippen LogP contribution < -0.4 is 5.73 Å². The van der Waals surface area contributed by atoms with Crippen molar-refractivity contribution in [2.75, 3.05) is 18.8 Å². The molecule has 1 aromatic heterocycles. The average molecular weight is 503 g/mol. The quantitative estimate of drug-likeness (QED) is 0.568. The standard InChI is InChI=1S/C24H23ClN2O4S2/c25-19-8-6-17(7-9-19)20-10-11-21(32-20)24(16-22(26)28)12-13-27(14-15-33(24,30)31)23(29)18-4-2-1-3-5-18/h1-11H,12-16H2,(H2,26,28)/t24-/m0/s1. The zero-order chi connectivity index (χ0) is 23.6. The summed E-state index contributed by atoms with van der Waals surface area (Å²) in [6, 6.07) is 19.6. The molecule has 4 rings (SSSR count). The summed E-state index contributed by atoms with van der Waals surface area (Å²) in [6.45, 7) is 0.264. The van der Waals surface area contributed by atoms with Gasteiger partial charge in [0.15, 0.2) is 9.84 Å². The Balaban J connectivity index is 1.71. The smallest absolute Gasteiger partial charge is 0.253 e. The van der Waals surface area contributed by atoms with E-state index in [9.17, 15) is 18.0 Å². The average Bonchev–Trinajstić information content (AvgIpc) is 3.24. The lowest BCUT2D eigenvalue weighted by molar-refractivity contribution is -0.118. The minimum Gasteiger partial charge on any atom is -0.370 e. The number of nitrogens with zero attached hydrogens (tertiary/aromatic N) is 1. The minimum absolute atomic E-state index is 0.0615. The normalized spacial score (nSPS) is 20.2. The van der Waals surface area contributed by atoms with Gasteiger partial charge in [-0.05, 0) is 48.4 Å². The minimum atomic E-state index is -3.80. The van der Waals surface area contributed by atoms with E-state index in [1.807, 2.05) is 24.3 Å². The van der Waals surface area contributed by atoms with E-state index in [0.29, 0.717) is 15.5 Å². The predicted octanol–water partition coefficient (Wildman–Crippen LogP) is 4.10. The molecule has 1 aliphatic heterocycles. The molecule has 33 heavy (non-hydrogen) atoms. The maximum Gasteiger partial charge on any atom is 0.253 e. The first-order chi connectivity index (χ1) is 15.7. The van der Waals surface area contributed by atoms with Crippen molar-refractivity contribution in [3.63, 3.8) is 0 Å². The lowest BCUT2D eigenvalue weighted by atomic mass is 9.97. The zero-order valence-corrected chi connectivity index (χ0v) is 20.1. The molecule has 2 amide bonds. The number of thiophene rings is 1. The number of sulfone groups is 1. The van der Waals surface area contributed by atoms with Crippen molar-refractivity contribution < 1.29 is 18.0 Å². The van der Waals surface area contributed by atoms with Gasteiger partial charge in [-0.2, -0.15) is 0 Å². The molecular weight excluding hydrogens is 480 g/mol. The molecule has 1 atom stereocenters. The largest absolute Gasteiger partial charge is 0.370 e. The molecule has 0 aliphatic carbocycles. The van der Waals surface area contributed by atoms with Crippen LogP contribution >= 0.6 is 22.9 Å². The maximum absolute atomic E-state index is 13.6. The summed E-state index contributed by atoms with van der Waals surface area (Å²) in [5.41, 5.74) is 6.94. The second-order valence-electron chi connectivity index (χ2n) is 8.04. The first-order valence-electron chi connectivity index (χ1n) is 10.4. The highest BCUT2D eigenvalue weighted by Gasteiger charge is 2.49. The SMILES string of the molecule is NC(=O)C[C@]1(c2ccc(-c3ccc(Cl)cc3)s2)CCN(C(=O)c2ccccc2)CCS1(=O)=O. The van der Waals surface area contributed by atoms with Crippen molar-refractivity contribution in [1.82, 2.24) is 4.90 Å². The molecule has 9 heteroatoms. The van der Waals surface area contributed by atoms with Gasteiger partial charge in [-0.3, -0.25) is 9.59 Å². The zero-order valence-electron chi connectivity index (χ0n) is 17.7. The fourth-order valence-electron chi connectivity index (χ4n) is 4.17. The van der Waals surface area contributed by atoms with Crippen LogP contribution in [-0.2, 0) is 19.4 Å². The molecule has 0 radical (unpaired) electrons. The predicted molar refractivity (Wildman–Crippen MR) is 131 cm³/mol. The van der Waals surface area contributed by atoms with Crippen molar-refractivity contribution in [2.45, 2.75) is 17.6 Å². The number of carbonyl (C=O) groups is 2. The molecule has 2 N–H and O–H groups in total. The van der Waals surface area contributed by atoms with Crippen LogP contribution in [0.1, 0.15) is 28.1 Å². The van der Waals surface area contributed by atoms with E-state index in [1.165, 1.54) is 11.3 Å². The van der Waals surface area contributed by atoms with Gasteiger partial charge in [0.05, 0.1) is 12.2 Å². The van der Waals surface area contributed by atoms with Gasteiger partial charge in [-0.1, -0.05) is 41.9 Å². The van der Waals surface area contributed by atoms with E-state index < -0.39 is 20.5 Å². The van der Waals surface area contributed by atoms with Crippen LogP contribution in [0.15, 0.2) is 66.7 Å². The summed E-state index contributed by atoms with van der Waals surface area (Å²) in [6.07, 6.45) is -0.235. The maximum atomic E-state index is 13.6. The summed E-state index contributed by atoms with van der Waals surface area (Å²) >= 11 is 7.31. The summed E-state index contributed by atoms with van der Waals surface area (Å²) in [5, 5.41) is 0.607. The van der Waals surface area contributed by atoms with Crippen LogP contribution in [0.4, 0.5) is 0 Å². The van der Waals surface area contributed by atoms with Crippen molar-refractivity contribution in [1.29, 1.82) is 0 Å². The first-order valence-corrected chi connectivity index (χ1v) is 13.3. The molecule has 1 saturated heterocycles. The van der Waals surface area contributed by atoms with E-state index in [-0.39, 0.29) is 37.6 Å². The highest BCUT2D eigenvalue weighted by molar-refractivity contribution is 7.92. The third-order valence-electron chi connectivity index (χ3n) is 5.96. The van der Waals surface area contributed by atoms with E-state index in [4.69, 9.17) is 17.3 Å². The fraction of sp³-hybridized carbons (Fsp3) is 0.250. The second kappa shape index (κ2) is 9.29. The van der Waals surface area contributed by atoms with Crippen LogP contribution in [0.5, 0.6) is 0 Å². The van der Waals surface area contributed by atoms with Crippen LogP contribution in [0.3, 0.4) is 0 Å². The third kappa shape index (κ3) is 4.69. The van der Waals surface area contributed by atoms with Crippen LogP contribution in [0.2, 0.25) is 5.02 Å². The molecular formula is C24H23ClN2O4S2. The van der Waals surface area contributed by atoms with E-state index in [0.717, 1.165) is 10.4 Å². The Morgan fingerprint density at radius 2 is 1.70 bits per heavy atom. The van der Waals surface area contributed by atoms with Gasteiger partial charge in [-0.25, -0.2) is 8.42 Å². The number of amides is 2. The van der Waals surface area contributed by atoms with E-state index in [2.05, 4.69) is 0 Å². The molecule has 0 bridgehead atoms. The van der Waals surface area contributed by atoms with E-state index >= 15 is 0 Å². The topological polar surface area (TPSA) is 97.5 Å². The lowest BCUT2D eigenvalue weighted by Crippen LogP contribution is -2.40. The van der Waals surface area contributed by atoms with Gasteiger partial charge in [0.25, 0.3) is 5.91 Å². The summed E-state index contributed by atoms with van der Waals surface area (Å²) in [7, 11) is -3.80. The van der Waals surface area contributed by atoms with Gasteiger partial charge in [0.2, 0.25) is 5.91 Å². The van der Waals surface area contributed by atoms with Gasteiger partial charge in [0.1, 0.15) is 4.75 Å². The Morgan fingerprint density at radius 3 is 2.36 bits per heavy atom. The summed E-state index contributed by atoms with van der Waals surface area (Å²) in [5.74, 6) is -1.16. The number of hydrogen-bond acceptors (Lipinski definition) is 5. The second-order valence-corrected chi connectivity index (χ2v) is 12.0. The Labute approximate surface area is 201 Å². The van der Waals surface area contributed by atoms with Crippen LogP contribution in [0.25, 0.3) is 10.4 Å². The third-order valence-corrected chi connectivity index (χ3v) is 10.2. The molecule has 1 aliphatic rings. The van der Waals surface area contributed by atoms with Gasteiger partial charge < -0.3 is 10.6 Å². The highest BCUT2D eigenvalue weighted by Crippen LogP contribution is 2.45. The van der Waals surface area contributed by atoms with Gasteiger partial charge in [0, 0.05) is 33.4 Å². The van der Waals surface area contributed by atoms with Crippen LogP contribution in [-0.4, -0.2) is 44.0 Å². The van der Waals surface area contributed by atoms with Gasteiger partial charge >= 0.3 is 0 Å². The Morgan fingerprint density at radius 1 is 1.00 bits per heavy atom. The van der Waals surface area contributed by atoms with Crippen molar-refractivity contribution in [3.05, 3.63) is 82.2 Å². The number of carbonyl (C=O) groups excluding carboxylic acids is 2. The molecule has 1 fully saturated rings. The van der Waals surface area contributed by atoms with Crippen molar-refractivity contribution >= 4 is 44.6 Å². The molecule has 3 aromatic rings. The van der Waals surface area contributed by atoms with Gasteiger partial charge in [-0.15, -0.1) is 11.3 Å².